The molecule has 248 valence electrons. The van der Waals surface area contributed by atoms with Crippen molar-refractivity contribution in [2.24, 2.45) is 0 Å². The van der Waals surface area contributed by atoms with Gasteiger partial charge in [0.15, 0.2) is 0 Å². The lowest BCUT2D eigenvalue weighted by Gasteiger charge is -2.26. The van der Waals surface area contributed by atoms with Crippen molar-refractivity contribution in [1.29, 1.82) is 0 Å². The number of hydrogen-bond donors (Lipinski definition) is 0. The third-order valence-electron chi connectivity index (χ3n) is 10.7. The van der Waals surface area contributed by atoms with Gasteiger partial charge in [0, 0.05) is 59.1 Å². The molecular weight excluding hydrogens is 661 g/mol. The molecule has 0 unspecified atom stereocenters. The van der Waals surface area contributed by atoms with Crippen molar-refractivity contribution < 1.29 is 0 Å². The summed E-state index contributed by atoms with van der Waals surface area (Å²) in [5, 5.41) is 10.0. The molecule has 0 aliphatic heterocycles. The molecular formula is C50H32N2S. The first kappa shape index (κ1) is 30.0. The number of anilines is 3. The number of hydrogen-bond acceptors (Lipinski definition) is 2. The Morgan fingerprint density at radius 2 is 0.962 bits per heavy atom. The summed E-state index contributed by atoms with van der Waals surface area (Å²) >= 11 is 1.86. The van der Waals surface area contributed by atoms with Gasteiger partial charge in [0.1, 0.15) is 0 Å². The van der Waals surface area contributed by atoms with E-state index in [9.17, 15) is 0 Å². The molecule has 2 aromatic heterocycles. The minimum atomic E-state index is 1.12. The molecule has 0 aliphatic carbocycles. The Morgan fingerprint density at radius 1 is 0.358 bits per heavy atom. The maximum atomic E-state index is 2.45. The van der Waals surface area contributed by atoms with Crippen LogP contribution in [0.15, 0.2) is 194 Å². The standard InChI is InChI=1S/C50H32N2S/c1-2-10-33(11-3-1)35-18-22-38(23-19-35)52-47-29-26-40(31-46(47)45-27-21-36-13-6-7-15-42(36)50(45)52)51(39-24-20-34-12-4-5-14-37(34)30-39)41-25-28-44-43-16-8-9-17-48(43)53-49(44)32-41/h1-32H. The molecule has 9 aromatic carbocycles. The van der Waals surface area contributed by atoms with E-state index in [-0.39, 0.29) is 0 Å². The SMILES string of the molecule is c1ccc(-c2ccc(-n3c4ccc(N(c5ccc6ccccc6c5)c5ccc6c(c5)sc5ccccc56)cc4c4ccc5ccccc5c43)cc2)cc1. The van der Waals surface area contributed by atoms with Gasteiger partial charge in [-0.15, -0.1) is 11.3 Å². The second-order valence-corrected chi connectivity index (χ2v) is 14.9. The first-order valence-corrected chi connectivity index (χ1v) is 18.9. The highest BCUT2D eigenvalue weighted by Crippen LogP contribution is 2.44. The van der Waals surface area contributed by atoms with E-state index in [0.717, 1.165) is 22.7 Å². The van der Waals surface area contributed by atoms with Crippen LogP contribution in [0.5, 0.6) is 0 Å². The summed E-state index contributed by atoms with van der Waals surface area (Å²) in [7, 11) is 0. The molecule has 11 rings (SSSR count). The van der Waals surface area contributed by atoms with Gasteiger partial charge in [-0.2, -0.15) is 0 Å². The van der Waals surface area contributed by atoms with Gasteiger partial charge in [-0.1, -0.05) is 133 Å². The molecule has 11 aromatic rings. The van der Waals surface area contributed by atoms with Crippen LogP contribution in [0.3, 0.4) is 0 Å². The average molecular weight is 693 g/mol. The number of fused-ring (bicyclic) bond motifs is 9. The van der Waals surface area contributed by atoms with Gasteiger partial charge in [-0.25, -0.2) is 0 Å². The van der Waals surface area contributed by atoms with E-state index >= 15 is 0 Å². The molecule has 0 aliphatic rings. The van der Waals surface area contributed by atoms with Crippen LogP contribution in [-0.2, 0) is 0 Å². The van der Waals surface area contributed by atoms with Crippen molar-refractivity contribution in [1.82, 2.24) is 4.57 Å². The van der Waals surface area contributed by atoms with E-state index in [1.807, 2.05) is 11.3 Å². The van der Waals surface area contributed by atoms with E-state index in [4.69, 9.17) is 0 Å². The topological polar surface area (TPSA) is 8.17 Å². The third-order valence-corrected chi connectivity index (χ3v) is 11.9. The average Bonchev–Trinajstić information content (AvgIpc) is 3.77. The fourth-order valence-corrected chi connectivity index (χ4v) is 9.37. The lowest BCUT2D eigenvalue weighted by atomic mass is 10.0. The molecule has 2 nitrogen and oxygen atoms in total. The monoisotopic (exact) mass is 692 g/mol. The van der Waals surface area contributed by atoms with Crippen molar-refractivity contribution in [2.75, 3.05) is 4.90 Å². The molecule has 0 N–H and O–H groups in total. The fraction of sp³-hybridized carbons (Fsp3) is 0. The molecule has 0 fully saturated rings. The normalized spacial score (nSPS) is 11.8. The van der Waals surface area contributed by atoms with Crippen LogP contribution in [0.25, 0.3) is 80.3 Å². The van der Waals surface area contributed by atoms with Crippen molar-refractivity contribution in [2.45, 2.75) is 0 Å². The van der Waals surface area contributed by atoms with E-state index in [2.05, 4.69) is 204 Å². The van der Waals surface area contributed by atoms with Crippen molar-refractivity contribution in [3.05, 3.63) is 194 Å². The Bertz CT molecular complexity index is 3170. The van der Waals surface area contributed by atoms with E-state index in [0.29, 0.717) is 0 Å². The Labute approximate surface area is 311 Å². The van der Waals surface area contributed by atoms with Crippen molar-refractivity contribution >= 4 is 91.9 Å². The quantitative estimate of drug-likeness (QED) is 0.174. The van der Waals surface area contributed by atoms with Gasteiger partial charge >= 0.3 is 0 Å². The largest absolute Gasteiger partial charge is 0.310 e. The first-order chi connectivity index (χ1) is 26.3. The Kier molecular flexibility index (Phi) is 6.76. The minimum Gasteiger partial charge on any atom is -0.310 e. The molecule has 0 atom stereocenters. The second kappa shape index (κ2) is 11.9. The summed E-state index contributed by atoms with van der Waals surface area (Å²) in [5.41, 5.74) is 9.40. The summed E-state index contributed by atoms with van der Waals surface area (Å²) in [6.07, 6.45) is 0. The Balaban J connectivity index is 1.15. The van der Waals surface area contributed by atoms with E-state index in [1.54, 1.807) is 0 Å². The van der Waals surface area contributed by atoms with Crippen molar-refractivity contribution in [3.63, 3.8) is 0 Å². The summed E-state index contributed by atoms with van der Waals surface area (Å²) < 4.78 is 5.06. The zero-order chi connectivity index (χ0) is 34.9. The Morgan fingerprint density at radius 3 is 1.83 bits per heavy atom. The zero-order valence-corrected chi connectivity index (χ0v) is 29.6. The minimum absolute atomic E-state index is 1.12. The van der Waals surface area contributed by atoms with E-state index in [1.165, 1.54) is 74.6 Å². The molecule has 53 heavy (non-hydrogen) atoms. The first-order valence-electron chi connectivity index (χ1n) is 18.1. The van der Waals surface area contributed by atoms with Crippen LogP contribution in [0.4, 0.5) is 17.1 Å². The molecule has 0 radical (unpaired) electrons. The summed E-state index contributed by atoms with van der Waals surface area (Å²) in [5.74, 6) is 0. The lowest BCUT2D eigenvalue weighted by molar-refractivity contribution is 1.18. The number of aromatic nitrogens is 1. The predicted molar refractivity (Wildman–Crippen MR) is 229 cm³/mol. The van der Waals surface area contributed by atoms with Gasteiger partial charge in [0.25, 0.3) is 0 Å². The lowest BCUT2D eigenvalue weighted by Crippen LogP contribution is -2.09. The predicted octanol–water partition coefficient (Wildman–Crippen LogP) is 14.6. The van der Waals surface area contributed by atoms with E-state index < -0.39 is 0 Å². The summed E-state index contributed by atoms with van der Waals surface area (Å²) in [6.45, 7) is 0. The fourth-order valence-electron chi connectivity index (χ4n) is 8.23. The summed E-state index contributed by atoms with van der Waals surface area (Å²) in [6, 6.07) is 71.1. The molecule has 0 bridgehead atoms. The van der Waals surface area contributed by atoms with Crippen LogP contribution in [0, 0.1) is 0 Å². The summed E-state index contributed by atoms with van der Waals surface area (Å²) in [4.78, 5) is 2.43. The van der Waals surface area contributed by atoms with Crippen LogP contribution < -0.4 is 4.90 Å². The highest BCUT2D eigenvalue weighted by Gasteiger charge is 2.20. The van der Waals surface area contributed by atoms with Gasteiger partial charge in [-0.3, -0.25) is 0 Å². The number of rotatable bonds is 5. The zero-order valence-electron chi connectivity index (χ0n) is 28.8. The van der Waals surface area contributed by atoms with Crippen LogP contribution >= 0.6 is 11.3 Å². The van der Waals surface area contributed by atoms with Gasteiger partial charge < -0.3 is 9.47 Å². The molecule has 3 heteroatoms. The molecule has 0 saturated heterocycles. The molecule has 2 heterocycles. The number of thiophene rings is 1. The van der Waals surface area contributed by atoms with Gasteiger partial charge in [-0.05, 0) is 87.9 Å². The van der Waals surface area contributed by atoms with Gasteiger partial charge in [0.05, 0.1) is 11.0 Å². The molecule has 0 amide bonds. The number of benzene rings is 9. The molecule has 0 spiro atoms. The maximum absolute atomic E-state index is 2.45. The van der Waals surface area contributed by atoms with Crippen LogP contribution in [0.2, 0.25) is 0 Å². The molecule has 0 saturated carbocycles. The smallest absolute Gasteiger partial charge is 0.0619 e. The Hall–Kier alpha value is -6.68. The highest BCUT2D eigenvalue weighted by atomic mass is 32.1. The maximum Gasteiger partial charge on any atom is 0.0619 e. The van der Waals surface area contributed by atoms with Crippen molar-refractivity contribution in [3.8, 4) is 16.8 Å². The van der Waals surface area contributed by atoms with Gasteiger partial charge in [0.2, 0.25) is 0 Å². The van der Waals surface area contributed by atoms with Crippen LogP contribution in [-0.4, -0.2) is 4.57 Å². The highest BCUT2D eigenvalue weighted by molar-refractivity contribution is 7.25. The number of nitrogens with zero attached hydrogens (tertiary/aromatic N) is 2. The third kappa shape index (κ3) is 4.86. The second-order valence-electron chi connectivity index (χ2n) is 13.8. The van der Waals surface area contributed by atoms with Crippen LogP contribution in [0.1, 0.15) is 0 Å².